The molecule has 6 heteroatoms. The zero-order valence-electron chi connectivity index (χ0n) is 10.6. The molecule has 1 amide bonds. The van der Waals surface area contributed by atoms with Gasteiger partial charge in [0.05, 0.1) is 0 Å². The van der Waals surface area contributed by atoms with Crippen LogP contribution in [0.4, 0.5) is 4.39 Å². The molecular weight excluding hydrogens is 271 g/mol. The second-order valence-corrected chi connectivity index (χ2v) is 4.20. The van der Waals surface area contributed by atoms with E-state index in [9.17, 15) is 9.18 Å². The largest absolute Gasteiger partial charge is 0.481 e. The number of halogens is 2. The van der Waals surface area contributed by atoms with Gasteiger partial charge in [-0.2, -0.15) is 0 Å². The summed E-state index contributed by atoms with van der Waals surface area (Å²) in [5.74, 6) is -0.413. The van der Waals surface area contributed by atoms with Gasteiger partial charge in [-0.15, -0.1) is 12.4 Å². The Balaban J connectivity index is 0.00000180. The van der Waals surface area contributed by atoms with E-state index in [1.165, 1.54) is 12.1 Å². The number of amides is 1. The molecule has 1 saturated heterocycles. The third kappa shape index (κ3) is 4.69. The summed E-state index contributed by atoms with van der Waals surface area (Å²) in [7, 11) is 0. The molecule has 1 heterocycles. The second-order valence-electron chi connectivity index (χ2n) is 4.20. The molecule has 0 spiro atoms. The standard InChI is InChI=1S/C13H17FN2O2.ClH/c14-11-4-1-2-5-12(11)18-10-13(17)16-8-3-6-15-7-9-16;/h1-2,4-5,15H,3,6-10H2;1H. The van der Waals surface area contributed by atoms with Crippen LogP contribution in [0, 0.1) is 5.82 Å². The number of nitrogens with zero attached hydrogens (tertiary/aromatic N) is 1. The topological polar surface area (TPSA) is 41.6 Å². The normalized spacial score (nSPS) is 15.3. The molecule has 0 bridgehead atoms. The van der Waals surface area contributed by atoms with Crippen molar-refractivity contribution in [1.29, 1.82) is 0 Å². The van der Waals surface area contributed by atoms with Crippen molar-refractivity contribution in [3.63, 3.8) is 0 Å². The minimum absolute atomic E-state index is 0. The zero-order chi connectivity index (χ0) is 12.8. The number of ether oxygens (including phenoxy) is 1. The Morgan fingerprint density at radius 2 is 2.11 bits per heavy atom. The quantitative estimate of drug-likeness (QED) is 0.915. The van der Waals surface area contributed by atoms with Crippen molar-refractivity contribution in [3.8, 4) is 5.75 Å². The van der Waals surface area contributed by atoms with Crippen LogP contribution in [0.5, 0.6) is 5.75 Å². The van der Waals surface area contributed by atoms with Crippen LogP contribution in [0.1, 0.15) is 6.42 Å². The highest BCUT2D eigenvalue weighted by Crippen LogP contribution is 2.15. The molecule has 0 atom stereocenters. The van der Waals surface area contributed by atoms with Gasteiger partial charge in [0.1, 0.15) is 0 Å². The van der Waals surface area contributed by atoms with E-state index in [4.69, 9.17) is 4.74 Å². The molecule has 1 aromatic rings. The smallest absolute Gasteiger partial charge is 0.260 e. The lowest BCUT2D eigenvalue weighted by atomic mass is 10.3. The first-order valence-corrected chi connectivity index (χ1v) is 6.13. The lowest BCUT2D eigenvalue weighted by Gasteiger charge is -2.20. The highest BCUT2D eigenvalue weighted by molar-refractivity contribution is 5.85. The number of carbonyl (C=O) groups is 1. The van der Waals surface area contributed by atoms with Crippen molar-refractivity contribution in [2.75, 3.05) is 32.8 Å². The molecule has 1 aromatic carbocycles. The number of hydrogen-bond acceptors (Lipinski definition) is 3. The van der Waals surface area contributed by atoms with Gasteiger partial charge < -0.3 is 15.0 Å². The minimum atomic E-state index is -0.442. The van der Waals surface area contributed by atoms with E-state index >= 15 is 0 Å². The molecule has 1 fully saturated rings. The number of rotatable bonds is 3. The van der Waals surface area contributed by atoms with Crippen LogP contribution in [0.3, 0.4) is 0 Å². The van der Waals surface area contributed by atoms with Crippen molar-refractivity contribution in [2.45, 2.75) is 6.42 Å². The second kappa shape index (κ2) is 7.96. The van der Waals surface area contributed by atoms with Gasteiger partial charge >= 0.3 is 0 Å². The van der Waals surface area contributed by atoms with Gasteiger partial charge in [-0.3, -0.25) is 4.79 Å². The fourth-order valence-electron chi connectivity index (χ4n) is 1.89. The maximum Gasteiger partial charge on any atom is 0.260 e. The van der Waals surface area contributed by atoms with E-state index in [1.807, 2.05) is 0 Å². The summed E-state index contributed by atoms with van der Waals surface area (Å²) in [6, 6.07) is 6.10. The summed E-state index contributed by atoms with van der Waals surface area (Å²) in [6.45, 7) is 3.02. The molecule has 4 nitrogen and oxygen atoms in total. The zero-order valence-corrected chi connectivity index (χ0v) is 11.4. The molecule has 1 N–H and O–H groups in total. The summed E-state index contributed by atoms with van der Waals surface area (Å²) in [5, 5.41) is 3.22. The first-order valence-electron chi connectivity index (χ1n) is 6.13. The molecule has 1 aliphatic rings. The predicted octanol–water partition coefficient (Wildman–Crippen LogP) is 1.45. The lowest BCUT2D eigenvalue weighted by molar-refractivity contribution is -0.133. The van der Waals surface area contributed by atoms with Gasteiger partial charge in [-0.25, -0.2) is 4.39 Å². The molecular formula is C13H18ClFN2O2. The van der Waals surface area contributed by atoms with Crippen LogP contribution in [-0.2, 0) is 4.79 Å². The van der Waals surface area contributed by atoms with Crippen molar-refractivity contribution in [1.82, 2.24) is 10.2 Å². The Kier molecular flexibility index (Phi) is 6.59. The van der Waals surface area contributed by atoms with Crippen LogP contribution in [0.2, 0.25) is 0 Å². The van der Waals surface area contributed by atoms with E-state index in [2.05, 4.69) is 5.32 Å². The SMILES string of the molecule is Cl.O=C(COc1ccccc1F)N1CCCNCC1. The number of para-hydroxylation sites is 1. The Bertz CT molecular complexity index is 409. The first kappa shape index (κ1) is 15.7. The number of benzene rings is 1. The van der Waals surface area contributed by atoms with Crippen LogP contribution < -0.4 is 10.1 Å². The van der Waals surface area contributed by atoms with E-state index in [0.29, 0.717) is 6.54 Å². The Morgan fingerprint density at radius 1 is 1.32 bits per heavy atom. The van der Waals surface area contributed by atoms with Crippen LogP contribution in [0.25, 0.3) is 0 Å². The summed E-state index contributed by atoms with van der Waals surface area (Å²) in [5.41, 5.74) is 0. The van der Waals surface area contributed by atoms with E-state index in [1.54, 1.807) is 17.0 Å². The van der Waals surface area contributed by atoms with Gasteiger partial charge in [-0.05, 0) is 25.1 Å². The lowest BCUT2D eigenvalue weighted by Crippen LogP contribution is -2.37. The maximum atomic E-state index is 13.3. The van der Waals surface area contributed by atoms with Crippen molar-refractivity contribution in [2.24, 2.45) is 0 Å². The molecule has 0 unspecified atom stereocenters. The molecule has 2 rings (SSSR count). The fourth-order valence-corrected chi connectivity index (χ4v) is 1.89. The molecule has 0 aromatic heterocycles. The van der Waals surface area contributed by atoms with Gasteiger partial charge in [-0.1, -0.05) is 12.1 Å². The monoisotopic (exact) mass is 288 g/mol. The van der Waals surface area contributed by atoms with E-state index in [-0.39, 0.29) is 30.7 Å². The Hall–Kier alpha value is -1.33. The first-order chi connectivity index (χ1) is 8.77. The average Bonchev–Trinajstić information content (AvgIpc) is 2.66. The van der Waals surface area contributed by atoms with Gasteiger partial charge in [0.2, 0.25) is 0 Å². The maximum absolute atomic E-state index is 13.3. The van der Waals surface area contributed by atoms with E-state index < -0.39 is 5.82 Å². The summed E-state index contributed by atoms with van der Waals surface area (Å²) >= 11 is 0. The van der Waals surface area contributed by atoms with E-state index in [0.717, 1.165) is 26.1 Å². The summed E-state index contributed by atoms with van der Waals surface area (Å²) < 4.78 is 18.5. The fraction of sp³-hybridized carbons (Fsp3) is 0.462. The third-order valence-electron chi connectivity index (χ3n) is 2.88. The Labute approximate surface area is 118 Å². The molecule has 1 aliphatic heterocycles. The average molecular weight is 289 g/mol. The third-order valence-corrected chi connectivity index (χ3v) is 2.88. The molecule has 0 radical (unpaired) electrons. The number of hydrogen-bond donors (Lipinski definition) is 1. The van der Waals surface area contributed by atoms with Crippen LogP contribution >= 0.6 is 12.4 Å². The molecule has 19 heavy (non-hydrogen) atoms. The summed E-state index contributed by atoms with van der Waals surface area (Å²) in [6.07, 6.45) is 0.936. The Morgan fingerprint density at radius 3 is 2.89 bits per heavy atom. The highest BCUT2D eigenvalue weighted by atomic mass is 35.5. The molecule has 0 aliphatic carbocycles. The number of nitrogens with one attached hydrogen (secondary N) is 1. The molecule has 0 saturated carbocycles. The highest BCUT2D eigenvalue weighted by Gasteiger charge is 2.16. The van der Waals surface area contributed by atoms with Crippen molar-refractivity contribution >= 4 is 18.3 Å². The number of carbonyl (C=O) groups excluding carboxylic acids is 1. The predicted molar refractivity (Wildman–Crippen MR) is 73.2 cm³/mol. The summed E-state index contributed by atoms with van der Waals surface area (Å²) in [4.78, 5) is 13.6. The van der Waals surface area contributed by atoms with Gasteiger partial charge in [0.25, 0.3) is 5.91 Å². The van der Waals surface area contributed by atoms with Gasteiger partial charge in [0, 0.05) is 19.6 Å². The van der Waals surface area contributed by atoms with Crippen molar-refractivity contribution < 1.29 is 13.9 Å². The minimum Gasteiger partial charge on any atom is -0.481 e. The van der Waals surface area contributed by atoms with Gasteiger partial charge in [0.15, 0.2) is 18.2 Å². The van der Waals surface area contributed by atoms with Crippen LogP contribution in [0.15, 0.2) is 24.3 Å². The molecule has 106 valence electrons. The van der Waals surface area contributed by atoms with Crippen LogP contribution in [-0.4, -0.2) is 43.6 Å². The van der Waals surface area contributed by atoms with Crippen molar-refractivity contribution in [3.05, 3.63) is 30.1 Å².